The van der Waals surface area contributed by atoms with E-state index in [2.05, 4.69) is 27.7 Å². The summed E-state index contributed by atoms with van der Waals surface area (Å²) in [5.74, 6) is 0. The van der Waals surface area contributed by atoms with Crippen molar-refractivity contribution in [1.29, 1.82) is 0 Å². The summed E-state index contributed by atoms with van der Waals surface area (Å²) in [4.78, 5) is 0. The molecule has 1 heteroatoms. The van der Waals surface area contributed by atoms with Gasteiger partial charge in [0, 0.05) is 7.26 Å². The van der Waals surface area contributed by atoms with E-state index in [1.807, 2.05) is 0 Å². The Bertz CT molecular complexity index is 371. The SMILES string of the molecule is CCCCCCCCCC[P+](CCCCCCCCC)(CCCCCCCCC)CCCCCCCCC. The van der Waals surface area contributed by atoms with Gasteiger partial charge in [0.25, 0.3) is 0 Å². The maximum Gasteiger partial charge on any atom is 0.0594 e. The van der Waals surface area contributed by atoms with Crippen molar-refractivity contribution in [3.63, 3.8) is 0 Å². The first-order valence-corrected chi connectivity index (χ1v) is 21.1. The standard InChI is InChI=1S/C37H78P/c1-5-9-13-17-21-25-29-33-37-38(34-30-26-22-18-14-10-6-2,35-31-27-23-19-15-11-7-3)36-32-28-24-20-16-12-8-4/h5-37H2,1-4H3/q+1. The molecule has 0 aromatic carbocycles. The Hall–Kier alpha value is 0.430. The molecule has 0 saturated heterocycles. The fourth-order valence-corrected chi connectivity index (χ4v) is 11.4. The van der Waals surface area contributed by atoms with Crippen LogP contribution >= 0.6 is 7.26 Å². The maximum absolute atomic E-state index is 2.34. The van der Waals surface area contributed by atoms with Crippen molar-refractivity contribution in [2.24, 2.45) is 0 Å². The Balaban J connectivity index is 4.79. The number of unbranched alkanes of at least 4 members (excludes halogenated alkanes) is 25. The van der Waals surface area contributed by atoms with Crippen LogP contribution < -0.4 is 0 Å². The van der Waals surface area contributed by atoms with Crippen LogP contribution in [0.3, 0.4) is 0 Å². The van der Waals surface area contributed by atoms with Gasteiger partial charge in [-0.1, -0.05) is 163 Å². The Kier molecular flexibility index (Phi) is 32.3. The Morgan fingerprint density at radius 2 is 0.368 bits per heavy atom. The Morgan fingerprint density at radius 3 is 0.553 bits per heavy atom. The Labute approximate surface area is 245 Å². The first kappa shape index (κ1) is 38.4. The van der Waals surface area contributed by atoms with E-state index in [1.165, 1.54) is 161 Å². The molecule has 0 aromatic heterocycles. The van der Waals surface area contributed by atoms with E-state index in [0.717, 1.165) is 0 Å². The molecule has 0 N–H and O–H groups in total. The minimum atomic E-state index is -0.746. The van der Waals surface area contributed by atoms with Crippen LogP contribution in [0.25, 0.3) is 0 Å². The van der Waals surface area contributed by atoms with E-state index in [9.17, 15) is 0 Å². The van der Waals surface area contributed by atoms with Crippen molar-refractivity contribution >= 4 is 7.26 Å². The van der Waals surface area contributed by atoms with Gasteiger partial charge in [0.05, 0.1) is 24.6 Å². The van der Waals surface area contributed by atoms with Crippen molar-refractivity contribution in [1.82, 2.24) is 0 Å². The van der Waals surface area contributed by atoms with E-state index in [1.54, 1.807) is 50.3 Å². The lowest BCUT2D eigenvalue weighted by atomic mass is 10.1. The lowest BCUT2D eigenvalue weighted by molar-refractivity contribution is 0.583. The fraction of sp³-hybridized carbons (Fsp3) is 1.00. The summed E-state index contributed by atoms with van der Waals surface area (Å²) in [7, 11) is -0.746. The van der Waals surface area contributed by atoms with Crippen molar-refractivity contribution < 1.29 is 0 Å². The number of rotatable bonds is 33. The summed E-state index contributed by atoms with van der Waals surface area (Å²) in [6.45, 7) is 9.37. The summed E-state index contributed by atoms with van der Waals surface area (Å²) in [5.41, 5.74) is 0. The zero-order valence-electron chi connectivity index (χ0n) is 27.8. The maximum atomic E-state index is 2.34. The molecule has 0 radical (unpaired) electrons. The summed E-state index contributed by atoms with van der Waals surface area (Å²) in [5, 5.41) is 0. The zero-order chi connectivity index (χ0) is 27.8. The molecule has 38 heavy (non-hydrogen) atoms. The van der Waals surface area contributed by atoms with Crippen LogP contribution in [0, 0.1) is 0 Å². The number of hydrogen-bond acceptors (Lipinski definition) is 0. The molecule has 0 saturated carbocycles. The van der Waals surface area contributed by atoms with Gasteiger partial charge >= 0.3 is 0 Å². The monoisotopic (exact) mass is 554 g/mol. The van der Waals surface area contributed by atoms with E-state index in [4.69, 9.17) is 0 Å². The lowest BCUT2D eigenvalue weighted by Crippen LogP contribution is -2.13. The third kappa shape index (κ3) is 26.6. The van der Waals surface area contributed by atoms with Crippen molar-refractivity contribution in [2.45, 2.75) is 214 Å². The van der Waals surface area contributed by atoms with Crippen LogP contribution in [0.4, 0.5) is 0 Å². The molecular weight excluding hydrogens is 475 g/mol. The fourth-order valence-electron chi connectivity index (χ4n) is 6.46. The van der Waals surface area contributed by atoms with Crippen molar-refractivity contribution in [3.05, 3.63) is 0 Å². The van der Waals surface area contributed by atoms with Gasteiger partial charge in [-0.05, 0) is 51.4 Å². The molecule has 0 amide bonds. The highest BCUT2D eigenvalue weighted by Crippen LogP contribution is 2.61. The topological polar surface area (TPSA) is 0 Å². The normalized spacial score (nSPS) is 12.0. The molecule has 230 valence electrons. The minimum Gasteiger partial charge on any atom is -0.0654 e. The summed E-state index contributed by atoms with van der Waals surface area (Å²) in [6.07, 6.45) is 49.7. The lowest BCUT2D eigenvalue weighted by Gasteiger charge is -2.28. The van der Waals surface area contributed by atoms with E-state index >= 15 is 0 Å². The molecule has 0 fully saturated rings. The molecular formula is C37H78P+. The van der Waals surface area contributed by atoms with Crippen LogP contribution in [-0.4, -0.2) is 24.6 Å². The molecule has 0 aliphatic heterocycles. The van der Waals surface area contributed by atoms with Gasteiger partial charge in [0.1, 0.15) is 0 Å². The summed E-state index contributed by atoms with van der Waals surface area (Å²) in [6, 6.07) is 0. The quantitative estimate of drug-likeness (QED) is 0.0560. The predicted molar refractivity (Wildman–Crippen MR) is 183 cm³/mol. The average Bonchev–Trinajstić information content (AvgIpc) is 2.93. The second-order valence-electron chi connectivity index (χ2n) is 13.1. The molecule has 0 aromatic rings. The van der Waals surface area contributed by atoms with Crippen LogP contribution in [0.15, 0.2) is 0 Å². The summed E-state index contributed by atoms with van der Waals surface area (Å²) < 4.78 is 0. The minimum absolute atomic E-state index is 0.746. The van der Waals surface area contributed by atoms with E-state index in [-0.39, 0.29) is 0 Å². The van der Waals surface area contributed by atoms with E-state index < -0.39 is 7.26 Å². The molecule has 0 heterocycles. The Morgan fingerprint density at radius 1 is 0.211 bits per heavy atom. The van der Waals surface area contributed by atoms with Gasteiger partial charge < -0.3 is 0 Å². The highest BCUT2D eigenvalue weighted by atomic mass is 31.2. The zero-order valence-corrected chi connectivity index (χ0v) is 28.7. The van der Waals surface area contributed by atoms with Gasteiger partial charge in [-0.3, -0.25) is 0 Å². The molecule has 0 nitrogen and oxygen atoms in total. The predicted octanol–water partition coefficient (Wildman–Crippen LogP) is 14.4. The van der Waals surface area contributed by atoms with Gasteiger partial charge in [-0.15, -0.1) is 0 Å². The molecule has 0 aliphatic carbocycles. The molecule has 0 bridgehead atoms. The molecule has 0 rings (SSSR count). The van der Waals surface area contributed by atoms with Gasteiger partial charge in [0.15, 0.2) is 0 Å². The molecule has 0 aliphatic rings. The highest BCUT2D eigenvalue weighted by molar-refractivity contribution is 7.75. The second kappa shape index (κ2) is 32.0. The van der Waals surface area contributed by atoms with Gasteiger partial charge in [-0.25, -0.2) is 0 Å². The highest BCUT2D eigenvalue weighted by Gasteiger charge is 2.34. The van der Waals surface area contributed by atoms with Crippen LogP contribution in [0.2, 0.25) is 0 Å². The largest absolute Gasteiger partial charge is 0.0654 e. The van der Waals surface area contributed by atoms with Crippen molar-refractivity contribution in [3.8, 4) is 0 Å². The van der Waals surface area contributed by atoms with Crippen LogP contribution in [-0.2, 0) is 0 Å². The second-order valence-corrected chi connectivity index (χ2v) is 17.5. The first-order valence-electron chi connectivity index (χ1n) is 18.6. The number of hydrogen-bond donors (Lipinski definition) is 0. The summed E-state index contributed by atoms with van der Waals surface area (Å²) >= 11 is 0. The molecule has 0 unspecified atom stereocenters. The van der Waals surface area contributed by atoms with Gasteiger partial charge in [0.2, 0.25) is 0 Å². The third-order valence-corrected chi connectivity index (χ3v) is 14.3. The molecule has 0 atom stereocenters. The first-order chi connectivity index (χ1) is 18.7. The van der Waals surface area contributed by atoms with Crippen LogP contribution in [0.5, 0.6) is 0 Å². The third-order valence-electron chi connectivity index (χ3n) is 9.19. The molecule has 0 spiro atoms. The van der Waals surface area contributed by atoms with Crippen LogP contribution in [0.1, 0.15) is 214 Å². The average molecular weight is 554 g/mol. The van der Waals surface area contributed by atoms with Crippen molar-refractivity contribution in [2.75, 3.05) is 24.6 Å². The smallest absolute Gasteiger partial charge is 0.0594 e. The van der Waals surface area contributed by atoms with Gasteiger partial charge in [-0.2, -0.15) is 0 Å². The van der Waals surface area contributed by atoms with E-state index in [0.29, 0.717) is 0 Å².